The molecule has 3 unspecified atom stereocenters. The van der Waals surface area contributed by atoms with Crippen LogP contribution in [-0.2, 0) is 14.3 Å². The normalized spacial score (nSPS) is 34.0. The first kappa shape index (κ1) is 17.2. The average Bonchev–Trinajstić information content (AvgIpc) is 2.53. The van der Waals surface area contributed by atoms with Crippen LogP contribution < -0.4 is 11.1 Å². The summed E-state index contributed by atoms with van der Waals surface area (Å²) in [6, 6.07) is 0. The number of nitrogens with one attached hydrogen (secondary N) is 1. The SMILES string of the molecule is CCOC1CC(N)(C(=O)N2CCCC(C(=O)NC)C2)C1(C)C. The van der Waals surface area contributed by atoms with Crippen LogP contribution >= 0.6 is 0 Å². The van der Waals surface area contributed by atoms with Crippen LogP contribution in [0.15, 0.2) is 0 Å². The van der Waals surface area contributed by atoms with Gasteiger partial charge in [0.2, 0.25) is 11.8 Å². The molecule has 0 radical (unpaired) electrons. The van der Waals surface area contributed by atoms with Crippen LogP contribution in [0.25, 0.3) is 0 Å². The van der Waals surface area contributed by atoms with E-state index in [0.717, 1.165) is 12.8 Å². The molecule has 2 aliphatic rings. The number of ether oxygens (including phenoxy) is 1. The van der Waals surface area contributed by atoms with Gasteiger partial charge in [-0.1, -0.05) is 13.8 Å². The molecule has 6 nitrogen and oxygen atoms in total. The number of hydrogen-bond acceptors (Lipinski definition) is 4. The summed E-state index contributed by atoms with van der Waals surface area (Å²) >= 11 is 0. The van der Waals surface area contributed by atoms with E-state index in [2.05, 4.69) is 5.32 Å². The molecule has 1 aliphatic heterocycles. The van der Waals surface area contributed by atoms with E-state index in [1.165, 1.54) is 0 Å². The van der Waals surface area contributed by atoms with Gasteiger partial charge in [-0.15, -0.1) is 0 Å². The van der Waals surface area contributed by atoms with Crippen LogP contribution in [0.2, 0.25) is 0 Å². The second kappa shape index (κ2) is 6.16. The zero-order chi connectivity index (χ0) is 16.5. The van der Waals surface area contributed by atoms with Crippen molar-refractivity contribution in [1.82, 2.24) is 10.2 Å². The molecule has 2 amide bonds. The molecule has 126 valence electrons. The van der Waals surface area contributed by atoms with E-state index in [9.17, 15) is 9.59 Å². The third-order valence-corrected chi connectivity index (χ3v) is 5.54. The lowest BCUT2D eigenvalue weighted by molar-refractivity contribution is -0.180. The molecule has 1 heterocycles. The molecule has 0 aromatic rings. The maximum absolute atomic E-state index is 12.9. The molecule has 0 spiro atoms. The quantitative estimate of drug-likeness (QED) is 0.792. The lowest BCUT2D eigenvalue weighted by Crippen LogP contribution is -2.76. The zero-order valence-corrected chi connectivity index (χ0v) is 14.1. The van der Waals surface area contributed by atoms with Gasteiger partial charge in [0.05, 0.1) is 12.0 Å². The van der Waals surface area contributed by atoms with Gasteiger partial charge < -0.3 is 20.7 Å². The highest BCUT2D eigenvalue weighted by Crippen LogP contribution is 2.50. The number of piperidine rings is 1. The highest BCUT2D eigenvalue weighted by molar-refractivity contribution is 5.89. The van der Waals surface area contributed by atoms with Gasteiger partial charge in [-0.3, -0.25) is 9.59 Å². The Kier molecular flexibility index (Phi) is 4.82. The molecule has 3 N–H and O–H groups in total. The van der Waals surface area contributed by atoms with Crippen molar-refractivity contribution in [3.63, 3.8) is 0 Å². The minimum absolute atomic E-state index is 0.00336. The number of amides is 2. The Morgan fingerprint density at radius 3 is 2.64 bits per heavy atom. The number of carbonyl (C=O) groups excluding carboxylic acids is 2. The molecule has 0 aromatic heterocycles. The zero-order valence-electron chi connectivity index (χ0n) is 14.1. The molecule has 3 atom stereocenters. The number of hydrogen-bond donors (Lipinski definition) is 2. The summed E-state index contributed by atoms with van der Waals surface area (Å²) in [7, 11) is 1.63. The van der Waals surface area contributed by atoms with Gasteiger partial charge in [0.15, 0.2) is 0 Å². The topological polar surface area (TPSA) is 84.7 Å². The third-order valence-electron chi connectivity index (χ3n) is 5.54. The molecule has 6 heteroatoms. The Morgan fingerprint density at radius 2 is 2.09 bits per heavy atom. The molecule has 0 bridgehead atoms. The lowest BCUT2D eigenvalue weighted by Gasteiger charge is -2.59. The largest absolute Gasteiger partial charge is 0.378 e. The molecule has 0 aromatic carbocycles. The van der Waals surface area contributed by atoms with E-state index in [0.29, 0.717) is 26.1 Å². The van der Waals surface area contributed by atoms with E-state index < -0.39 is 5.54 Å². The smallest absolute Gasteiger partial charge is 0.243 e. The van der Waals surface area contributed by atoms with Gasteiger partial charge in [0.25, 0.3) is 0 Å². The van der Waals surface area contributed by atoms with Crippen molar-refractivity contribution >= 4 is 11.8 Å². The summed E-state index contributed by atoms with van der Waals surface area (Å²) in [5.74, 6) is -0.164. The second-order valence-corrected chi connectivity index (χ2v) is 7.05. The van der Waals surface area contributed by atoms with E-state index in [1.807, 2.05) is 20.8 Å². The van der Waals surface area contributed by atoms with Crippen molar-refractivity contribution in [2.24, 2.45) is 17.1 Å². The van der Waals surface area contributed by atoms with Gasteiger partial charge in [-0.05, 0) is 19.8 Å². The number of rotatable bonds is 4. The number of nitrogens with two attached hydrogens (primary N) is 1. The van der Waals surface area contributed by atoms with Crippen molar-refractivity contribution in [3.8, 4) is 0 Å². The molecular weight excluding hydrogens is 282 g/mol. The van der Waals surface area contributed by atoms with Gasteiger partial charge in [0, 0.05) is 38.6 Å². The average molecular weight is 311 g/mol. The van der Waals surface area contributed by atoms with Crippen LogP contribution in [0.4, 0.5) is 0 Å². The minimum atomic E-state index is -0.891. The number of nitrogens with zero attached hydrogens (tertiary/aromatic N) is 1. The van der Waals surface area contributed by atoms with Gasteiger partial charge in [-0.25, -0.2) is 0 Å². The van der Waals surface area contributed by atoms with Crippen molar-refractivity contribution in [2.45, 2.75) is 51.7 Å². The molecule has 22 heavy (non-hydrogen) atoms. The van der Waals surface area contributed by atoms with Gasteiger partial charge in [-0.2, -0.15) is 0 Å². The Morgan fingerprint density at radius 1 is 1.41 bits per heavy atom. The Balaban J connectivity index is 2.06. The van der Waals surface area contributed by atoms with Crippen LogP contribution in [0.1, 0.15) is 40.0 Å². The van der Waals surface area contributed by atoms with Crippen LogP contribution in [0.3, 0.4) is 0 Å². The molecule has 2 fully saturated rings. The van der Waals surface area contributed by atoms with Crippen molar-refractivity contribution in [1.29, 1.82) is 0 Å². The first-order valence-corrected chi connectivity index (χ1v) is 8.19. The maximum Gasteiger partial charge on any atom is 0.243 e. The third kappa shape index (κ3) is 2.63. The Hall–Kier alpha value is -1.14. The predicted octanol–water partition coefficient (Wildman–Crippen LogP) is 0.504. The van der Waals surface area contributed by atoms with Gasteiger partial charge in [0.1, 0.15) is 5.54 Å². The highest BCUT2D eigenvalue weighted by atomic mass is 16.5. The van der Waals surface area contributed by atoms with E-state index >= 15 is 0 Å². The summed E-state index contributed by atoms with van der Waals surface area (Å²) in [6.07, 6.45) is 2.24. The van der Waals surface area contributed by atoms with Gasteiger partial charge >= 0.3 is 0 Å². The molecule has 1 saturated heterocycles. The predicted molar refractivity (Wildman–Crippen MR) is 84.1 cm³/mol. The number of carbonyl (C=O) groups is 2. The van der Waals surface area contributed by atoms with Crippen LogP contribution in [0.5, 0.6) is 0 Å². The second-order valence-electron chi connectivity index (χ2n) is 7.05. The minimum Gasteiger partial charge on any atom is -0.378 e. The summed E-state index contributed by atoms with van der Waals surface area (Å²) < 4.78 is 5.69. The highest BCUT2D eigenvalue weighted by Gasteiger charge is 2.63. The summed E-state index contributed by atoms with van der Waals surface area (Å²) in [4.78, 5) is 26.5. The fraction of sp³-hybridized carbons (Fsp3) is 0.875. The molecule has 2 rings (SSSR count). The van der Waals surface area contributed by atoms with Crippen molar-refractivity contribution in [3.05, 3.63) is 0 Å². The standard InChI is InChI=1S/C16H29N3O3/c1-5-22-12-9-16(17,15(12,2)3)14(21)19-8-6-7-11(10-19)13(20)18-4/h11-12H,5-10,17H2,1-4H3,(H,18,20). The fourth-order valence-electron chi connectivity index (χ4n) is 3.66. The molecule has 1 aliphatic carbocycles. The summed E-state index contributed by atoms with van der Waals surface area (Å²) in [5.41, 5.74) is 5.18. The summed E-state index contributed by atoms with van der Waals surface area (Å²) in [5, 5.41) is 2.67. The lowest BCUT2D eigenvalue weighted by atomic mass is 9.54. The van der Waals surface area contributed by atoms with E-state index in [1.54, 1.807) is 11.9 Å². The molecule has 1 saturated carbocycles. The Labute approximate surface area is 132 Å². The first-order chi connectivity index (χ1) is 10.3. The maximum atomic E-state index is 12.9. The van der Waals surface area contributed by atoms with Crippen molar-refractivity contribution in [2.75, 3.05) is 26.7 Å². The fourth-order valence-corrected chi connectivity index (χ4v) is 3.66. The van der Waals surface area contributed by atoms with E-state index in [-0.39, 0.29) is 29.3 Å². The first-order valence-electron chi connectivity index (χ1n) is 8.19. The number of likely N-dealkylation sites (tertiary alicyclic amines) is 1. The monoisotopic (exact) mass is 311 g/mol. The van der Waals surface area contributed by atoms with Crippen LogP contribution in [-0.4, -0.2) is 55.1 Å². The van der Waals surface area contributed by atoms with Crippen LogP contribution in [0, 0.1) is 11.3 Å². The van der Waals surface area contributed by atoms with Crippen molar-refractivity contribution < 1.29 is 14.3 Å². The molecular formula is C16H29N3O3. The Bertz CT molecular complexity index is 452. The van der Waals surface area contributed by atoms with E-state index in [4.69, 9.17) is 10.5 Å². The summed E-state index contributed by atoms with van der Waals surface area (Å²) in [6.45, 7) is 7.71.